The number of ether oxygens (including phenoxy) is 1. The minimum atomic E-state index is -4.69. The van der Waals surface area contributed by atoms with E-state index in [0.29, 0.717) is 29.2 Å². The van der Waals surface area contributed by atoms with Crippen molar-refractivity contribution in [3.63, 3.8) is 0 Å². The van der Waals surface area contributed by atoms with Crippen molar-refractivity contribution in [1.29, 1.82) is 0 Å². The van der Waals surface area contributed by atoms with Crippen LogP contribution in [0.5, 0.6) is 11.5 Å². The molecule has 7 aromatic carbocycles. The molecule has 5 heteroatoms. The zero-order valence-electron chi connectivity index (χ0n) is 75.5. The molecular weight excluding hydrogens is 889 g/mol. The first-order valence-electron chi connectivity index (χ1n) is 41.2. The van der Waals surface area contributed by atoms with Crippen LogP contribution in [0.1, 0.15) is 178 Å². The van der Waals surface area contributed by atoms with E-state index in [-0.39, 0.29) is 27.9 Å². The zero-order chi connectivity index (χ0) is 81.5. The second-order valence-electron chi connectivity index (χ2n) is 19.4. The maximum Gasteiger partial charge on any atom is 0.269 e. The second-order valence-corrected chi connectivity index (χ2v) is 19.4. The number of hydrogen-bond donors (Lipinski definition) is 0. The highest BCUT2D eigenvalue weighted by atomic mass is 16.5. The Balaban J connectivity index is 1.22. The van der Waals surface area contributed by atoms with Crippen molar-refractivity contribution in [2.24, 2.45) is 0 Å². The van der Waals surface area contributed by atoms with Crippen molar-refractivity contribution in [1.82, 2.24) is 14.1 Å². The summed E-state index contributed by atoms with van der Waals surface area (Å²) < 4.78 is 342. The van der Waals surface area contributed by atoms with Gasteiger partial charge in [0.2, 0.25) is 0 Å². The Morgan fingerprint density at radius 2 is 1.15 bits per heavy atom. The molecule has 0 saturated heterocycles. The molecule has 0 saturated carbocycles. The van der Waals surface area contributed by atoms with Crippen LogP contribution >= 0.6 is 0 Å². The highest BCUT2D eigenvalue weighted by Gasteiger charge is 2.39. The third kappa shape index (κ3) is 7.89. The van der Waals surface area contributed by atoms with Gasteiger partial charge < -0.3 is 4.74 Å². The van der Waals surface area contributed by atoms with Gasteiger partial charge in [-0.15, -0.1) is 0 Å². The lowest BCUT2D eigenvalue weighted by Gasteiger charge is -2.42. The number of hydrogen-bond acceptors (Lipinski definition) is 2. The molecular formula is C68H68N4O. The van der Waals surface area contributed by atoms with Crippen LogP contribution in [0.3, 0.4) is 0 Å². The molecule has 12 rings (SSSR count). The first-order chi connectivity index (χ1) is 49.5. The highest BCUT2D eigenvalue weighted by molar-refractivity contribution is 6.09. The Hall–Kier alpha value is -7.24. The summed E-state index contributed by atoms with van der Waals surface area (Å²) in [6.07, 6.45) is -13.8. The Bertz CT molecular complexity index is 5140. The van der Waals surface area contributed by atoms with E-state index < -0.39 is 176 Å². The molecule has 0 bridgehead atoms. The Morgan fingerprint density at radius 1 is 0.575 bits per heavy atom. The van der Waals surface area contributed by atoms with Gasteiger partial charge >= 0.3 is 0 Å². The molecule has 0 unspecified atom stereocenters. The summed E-state index contributed by atoms with van der Waals surface area (Å²) in [5.74, 6) is 1.13. The van der Waals surface area contributed by atoms with Crippen LogP contribution in [-0.2, 0) is 27.1 Å². The Kier molecular flexibility index (Phi) is 4.95. The van der Waals surface area contributed by atoms with Gasteiger partial charge in [0.25, 0.3) is 6.33 Å². The van der Waals surface area contributed by atoms with Crippen molar-refractivity contribution in [2.45, 2.75) is 128 Å². The van der Waals surface area contributed by atoms with Gasteiger partial charge in [-0.2, -0.15) is 0 Å². The Morgan fingerprint density at radius 3 is 1.79 bits per heavy atom. The number of pyridine rings is 1. The predicted molar refractivity (Wildman–Crippen MR) is 302 cm³/mol. The van der Waals surface area contributed by atoms with Crippen LogP contribution in [-0.4, -0.2) is 14.1 Å². The minimum Gasteiger partial charge on any atom is -0.458 e. The Labute approximate surface area is 482 Å². The van der Waals surface area contributed by atoms with Crippen molar-refractivity contribution in [3.05, 3.63) is 198 Å². The topological polar surface area (TPSA) is 35.9 Å². The fourth-order valence-corrected chi connectivity index (χ4v) is 9.73. The molecule has 5 nitrogen and oxygen atoms in total. The van der Waals surface area contributed by atoms with Crippen LogP contribution in [0.15, 0.2) is 164 Å². The van der Waals surface area contributed by atoms with Crippen molar-refractivity contribution in [2.75, 3.05) is 0 Å². The standard InChI is InChI=1S/C68H68N4O/c1-64(2,3)46-32-37-69-62(40-46)72-58-23-13-12-20-52(58)53-29-28-49(42-61(53)72)73-48-19-16-18-47(41-48)70-43-71(60-25-15-14-24-59(60)70)63-50(44-26-30-54-56(38-44)67(8,9)35-33-65(54,4)5)21-17-22-51(63)45-27-31-55-57(39-45)68(10,11)36-34-66(55,6)7/h12-32,37-42H,33-36H2,1-11H3/i4D3,5D3,6D3,7D3,8D3,9D3,10D3,11D3,26D,27D,30D,31D,33D2,34D2,35D2,36D2. The maximum atomic E-state index is 10.0. The molecule has 10 aromatic rings. The molecule has 2 aliphatic carbocycles. The van der Waals surface area contributed by atoms with Gasteiger partial charge in [-0.1, -0.05) is 179 Å². The fourth-order valence-electron chi connectivity index (χ4n) is 9.73. The molecule has 3 heterocycles. The summed E-state index contributed by atoms with van der Waals surface area (Å²) in [6, 6.07) is 27.3. The lowest BCUT2D eigenvalue weighted by atomic mass is 9.62. The van der Waals surface area contributed by atoms with E-state index >= 15 is 0 Å². The average molecular weight is 994 g/mol. The lowest BCUT2D eigenvalue weighted by molar-refractivity contribution is -0.571. The molecule has 0 fully saturated rings. The SMILES string of the molecule is [2H]c1c(-c2cccc(-c3cc4c(c([2H])c3[2H])C(C([2H])([2H])[2H])(C([2H])([2H])[2H])C([2H])([2H])C([2H])([2H])C4(C([2H])([2H])[2H])C([2H])([2H])[2H])c2-[n+]2[c-]n(-c3cccc(Oc4ccc5c6ccccc6n(-c6cc(C(C)(C)C)ccn6)c5c4)c3)c3ccccc32)cc2c(c1[2H])C(C([2H])([2H])[2H])(C([2H])([2H])[2H])C([2H])([2H])C([2H])([2H])C2(C([2H])([2H])[2H])C([2H])([2H])[2H]. The third-order valence-electron chi connectivity index (χ3n) is 13.4. The second kappa shape index (κ2) is 16.6. The van der Waals surface area contributed by atoms with Gasteiger partial charge in [-0.05, 0) is 151 Å². The summed E-state index contributed by atoms with van der Waals surface area (Å²) in [5.41, 5.74) is -25.7. The first kappa shape index (κ1) is 21.7. The molecule has 0 spiro atoms. The molecule has 0 radical (unpaired) electrons. The highest BCUT2D eigenvalue weighted by Crippen LogP contribution is 2.50. The molecule has 73 heavy (non-hydrogen) atoms. The molecule has 2 aliphatic rings. The van der Waals surface area contributed by atoms with Crippen molar-refractivity contribution in [3.8, 4) is 50.9 Å². The largest absolute Gasteiger partial charge is 0.458 e. The monoisotopic (exact) mass is 993 g/mol. The predicted octanol–water partition coefficient (Wildman–Crippen LogP) is 17.3. The molecule has 0 amide bonds. The van der Waals surface area contributed by atoms with E-state index in [4.69, 9.17) is 42.6 Å². The average Bonchev–Trinajstić information content (AvgIpc) is 0.918. The van der Waals surface area contributed by atoms with Gasteiger partial charge in [0.05, 0.1) is 38.9 Å². The van der Waals surface area contributed by atoms with Gasteiger partial charge in [0.1, 0.15) is 17.3 Å². The van der Waals surface area contributed by atoms with Crippen LogP contribution < -0.4 is 9.30 Å². The molecule has 0 N–H and O–H groups in total. The summed E-state index contributed by atoms with van der Waals surface area (Å²) in [6.45, 7) is -29.0. The number of aromatic nitrogens is 4. The van der Waals surface area contributed by atoms with E-state index in [0.717, 1.165) is 44.6 Å². The summed E-state index contributed by atoms with van der Waals surface area (Å²) in [7, 11) is 0. The van der Waals surface area contributed by atoms with E-state index in [1.807, 2.05) is 53.1 Å². The number of benzene rings is 7. The maximum absolute atomic E-state index is 10.0. The zero-order valence-corrected chi connectivity index (χ0v) is 39.5. The summed E-state index contributed by atoms with van der Waals surface area (Å²) in [4.78, 5) is 4.78. The number of imidazole rings is 1. The molecule has 0 atom stereocenters. The fraction of sp³-hybridized carbons (Fsp3) is 0.294. The number of nitrogens with zero attached hydrogens (tertiary/aromatic N) is 4. The van der Waals surface area contributed by atoms with Gasteiger partial charge in [-0.3, -0.25) is 13.7 Å². The van der Waals surface area contributed by atoms with Crippen molar-refractivity contribution >= 4 is 32.8 Å². The lowest BCUT2D eigenvalue weighted by Crippen LogP contribution is -2.34. The van der Waals surface area contributed by atoms with Gasteiger partial charge in [-0.25, -0.2) is 4.98 Å². The van der Waals surface area contributed by atoms with E-state index in [1.165, 1.54) is 22.8 Å². The normalized spacial score (nSPS) is 28.0. The quantitative estimate of drug-likeness (QED) is 0.118. The summed E-state index contributed by atoms with van der Waals surface area (Å²) >= 11 is 0. The first-order valence-corrected chi connectivity index (χ1v) is 23.2. The number of rotatable bonds is 7. The van der Waals surface area contributed by atoms with Gasteiger partial charge in [0, 0.05) is 66.9 Å². The van der Waals surface area contributed by atoms with Crippen LogP contribution in [0.2, 0.25) is 0 Å². The van der Waals surface area contributed by atoms with Gasteiger partial charge in [0.15, 0.2) is 0 Å². The van der Waals surface area contributed by atoms with Crippen LogP contribution in [0, 0.1) is 6.33 Å². The minimum absolute atomic E-state index is 0.0310. The number of para-hydroxylation sites is 4. The van der Waals surface area contributed by atoms with E-state index in [1.54, 1.807) is 42.6 Å². The van der Waals surface area contributed by atoms with Crippen LogP contribution in [0.25, 0.3) is 72.3 Å². The van der Waals surface area contributed by atoms with E-state index in [9.17, 15) is 16.4 Å². The molecule has 366 valence electrons. The molecule has 3 aromatic heterocycles. The van der Waals surface area contributed by atoms with Crippen molar-refractivity contribution < 1.29 is 58.7 Å². The summed E-state index contributed by atoms with van der Waals surface area (Å²) in [5, 5.41) is 1.76. The number of fused-ring (bicyclic) bond motifs is 6. The third-order valence-corrected chi connectivity index (χ3v) is 13.4. The molecule has 0 aliphatic heterocycles. The smallest absolute Gasteiger partial charge is 0.269 e. The van der Waals surface area contributed by atoms with Crippen LogP contribution in [0.4, 0.5) is 0 Å². The van der Waals surface area contributed by atoms with E-state index in [2.05, 4.69) is 27.1 Å².